The zero-order valence-corrected chi connectivity index (χ0v) is 23.2. The summed E-state index contributed by atoms with van der Waals surface area (Å²) in [5, 5.41) is 9.74. The number of methoxy groups -OCH3 is 1. The molecule has 0 heterocycles. The Kier molecular flexibility index (Phi) is 6.24. The van der Waals surface area contributed by atoms with Gasteiger partial charge in [0.15, 0.2) is 0 Å². The molecule has 2 fully saturated rings. The molecule has 3 aromatic carbocycles. The minimum atomic E-state index is -0.698. The van der Waals surface area contributed by atoms with Gasteiger partial charge in [-0.15, -0.1) is 0 Å². The molecule has 3 aliphatic carbocycles. The Morgan fingerprint density at radius 1 is 1.03 bits per heavy atom. The lowest BCUT2D eigenvalue weighted by Gasteiger charge is -2.30. The van der Waals surface area contributed by atoms with E-state index >= 15 is 4.39 Å². The van der Waals surface area contributed by atoms with E-state index < -0.39 is 5.97 Å². The molecule has 0 radical (unpaired) electrons. The highest BCUT2D eigenvalue weighted by Gasteiger charge is 2.68. The standard InChI is InChI=1S/C34H37FO4/c1-20-31(32(36)37)34(20)15-13-22-8-9-24(18-29(22)34)39-19-21-7-11-25(27-17-23(38-4)10-12-30(27)35)26(16-21)28-6-5-14-33(28,2)3/h7-12,16-18,20,28,31H,5-6,13-15,19H2,1-4H3,(H,36,37). The second kappa shape index (κ2) is 9.39. The lowest BCUT2D eigenvalue weighted by molar-refractivity contribution is -0.139. The zero-order valence-electron chi connectivity index (χ0n) is 23.2. The molecule has 39 heavy (non-hydrogen) atoms. The van der Waals surface area contributed by atoms with E-state index in [1.165, 1.54) is 11.6 Å². The van der Waals surface area contributed by atoms with Crippen LogP contribution in [0, 0.1) is 23.1 Å². The van der Waals surface area contributed by atoms with Crippen molar-refractivity contribution in [1.29, 1.82) is 0 Å². The summed E-state index contributed by atoms with van der Waals surface area (Å²) in [7, 11) is 1.60. The Morgan fingerprint density at radius 2 is 1.82 bits per heavy atom. The molecule has 1 N–H and O–H groups in total. The minimum Gasteiger partial charge on any atom is -0.497 e. The number of rotatable bonds is 7. The number of aliphatic carboxylic acids is 1. The number of fused-ring (bicyclic) bond motifs is 2. The largest absolute Gasteiger partial charge is 0.497 e. The number of carbonyl (C=O) groups is 1. The number of carboxylic acids is 1. The maximum Gasteiger partial charge on any atom is 0.307 e. The number of aryl methyl sites for hydroxylation is 1. The predicted molar refractivity (Wildman–Crippen MR) is 150 cm³/mol. The zero-order chi connectivity index (χ0) is 27.5. The number of hydrogen-bond acceptors (Lipinski definition) is 3. The predicted octanol–water partition coefficient (Wildman–Crippen LogP) is 7.91. The van der Waals surface area contributed by atoms with Crippen LogP contribution < -0.4 is 9.47 Å². The Hall–Kier alpha value is -3.34. The number of halogens is 1. The first-order chi connectivity index (χ1) is 18.7. The van der Waals surface area contributed by atoms with Crippen molar-refractivity contribution in [3.05, 3.63) is 82.7 Å². The second-order valence-corrected chi connectivity index (χ2v) is 12.5. The van der Waals surface area contributed by atoms with Gasteiger partial charge in [0, 0.05) is 11.0 Å². The highest BCUT2D eigenvalue weighted by Crippen LogP contribution is 2.66. The Balaban J connectivity index is 1.31. The monoisotopic (exact) mass is 528 g/mol. The van der Waals surface area contributed by atoms with Crippen molar-refractivity contribution >= 4 is 5.97 Å². The second-order valence-electron chi connectivity index (χ2n) is 12.5. The molecule has 0 aromatic heterocycles. The fraction of sp³-hybridized carbons (Fsp3) is 0.441. The molecule has 2 saturated carbocycles. The SMILES string of the molecule is COc1ccc(F)c(-c2ccc(COc3ccc4c(c3)C3(CC4)C(C)C3C(=O)O)cc2C2CCCC2(C)C)c1. The highest BCUT2D eigenvalue weighted by atomic mass is 19.1. The lowest BCUT2D eigenvalue weighted by Crippen LogP contribution is -2.17. The number of hydrogen-bond donors (Lipinski definition) is 1. The Morgan fingerprint density at radius 3 is 2.51 bits per heavy atom. The van der Waals surface area contributed by atoms with Crippen molar-refractivity contribution < 1.29 is 23.8 Å². The van der Waals surface area contributed by atoms with Crippen molar-refractivity contribution in [2.45, 2.75) is 70.8 Å². The topological polar surface area (TPSA) is 55.8 Å². The first-order valence-corrected chi connectivity index (χ1v) is 14.1. The van der Waals surface area contributed by atoms with E-state index in [0.29, 0.717) is 23.8 Å². The molecular formula is C34H37FO4. The summed E-state index contributed by atoms with van der Waals surface area (Å²) < 4.78 is 26.8. The summed E-state index contributed by atoms with van der Waals surface area (Å²) in [6.45, 7) is 7.07. The van der Waals surface area contributed by atoms with Crippen LogP contribution >= 0.6 is 0 Å². The van der Waals surface area contributed by atoms with Crippen LogP contribution in [0.3, 0.4) is 0 Å². The van der Waals surface area contributed by atoms with E-state index in [2.05, 4.69) is 39.0 Å². The molecule has 0 amide bonds. The Bertz CT molecular complexity index is 1440. The quantitative estimate of drug-likeness (QED) is 0.339. The third-order valence-corrected chi connectivity index (χ3v) is 10.0. The number of benzene rings is 3. The van der Waals surface area contributed by atoms with Crippen molar-refractivity contribution in [3.8, 4) is 22.6 Å². The van der Waals surface area contributed by atoms with Gasteiger partial charge in [0.1, 0.15) is 23.9 Å². The van der Waals surface area contributed by atoms with Crippen molar-refractivity contribution in [2.24, 2.45) is 17.3 Å². The van der Waals surface area contributed by atoms with E-state index in [1.807, 2.05) is 18.2 Å². The summed E-state index contributed by atoms with van der Waals surface area (Å²) in [6, 6.07) is 17.3. The molecule has 3 aliphatic rings. The van der Waals surface area contributed by atoms with Crippen LogP contribution in [0.5, 0.6) is 11.5 Å². The van der Waals surface area contributed by atoms with Crippen LogP contribution in [0.4, 0.5) is 4.39 Å². The number of ether oxygens (including phenoxy) is 2. The van der Waals surface area contributed by atoms with Gasteiger partial charge in [-0.05, 0) is 101 Å². The van der Waals surface area contributed by atoms with Gasteiger partial charge in [-0.2, -0.15) is 0 Å². The summed E-state index contributed by atoms with van der Waals surface area (Å²) in [4.78, 5) is 11.9. The summed E-state index contributed by atoms with van der Waals surface area (Å²) in [6.07, 6.45) is 5.20. The molecule has 4 unspecified atom stereocenters. The molecular weight excluding hydrogens is 491 g/mol. The minimum absolute atomic E-state index is 0.125. The van der Waals surface area contributed by atoms with Crippen molar-refractivity contribution in [2.75, 3.05) is 7.11 Å². The van der Waals surface area contributed by atoms with Crippen molar-refractivity contribution in [3.63, 3.8) is 0 Å². The molecule has 204 valence electrons. The van der Waals surface area contributed by atoms with E-state index in [4.69, 9.17) is 9.47 Å². The van der Waals surface area contributed by atoms with Gasteiger partial charge >= 0.3 is 5.97 Å². The Labute approximate surface area is 230 Å². The van der Waals surface area contributed by atoms with E-state index in [1.54, 1.807) is 19.2 Å². The maximum absolute atomic E-state index is 15.1. The van der Waals surface area contributed by atoms with Crippen LogP contribution in [0.15, 0.2) is 54.6 Å². The highest BCUT2D eigenvalue weighted by molar-refractivity contribution is 5.79. The lowest BCUT2D eigenvalue weighted by atomic mass is 9.75. The van der Waals surface area contributed by atoms with E-state index in [-0.39, 0.29) is 28.5 Å². The fourth-order valence-electron chi connectivity index (χ4n) is 7.78. The number of carboxylic acid groups (broad SMARTS) is 1. The van der Waals surface area contributed by atoms with Crippen LogP contribution in [-0.4, -0.2) is 18.2 Å². The van der Waals surface area contributed by atoms with Gasteiger partial charge in [0.05, 0.1) is 13.0 Å². The molecule has 1 spiro atoms. The molecule has 5 heteroatoms. The van der Waals surface area contributed by atoms with Crippen LogP contribution in [-0.2, 0) is 23.2 Å². The molecule has 3 aromatic rings. The van der Waals surface area contributed by atoms with Gasteiger partial charge in [-0.3, -0.25) is 4.79 Å². The first-order valence-electron chi connectivity index (χ1n) is 14.1. The molecule has 4 nitrogen and oxygen atoms in total. The first kappa shape index (κ1) is 25.9. The van der Waals surface area contributed by atoms with Crippen LogP contribution in [0.1, 0.15) is 74.6 Å². The smallest absolute Gasteiger partial charge is 0.307 e. The summed E-state index contributed by atoms with van der Waals surface area (Å²) >= 11 is 0. The third kappa shape index (κ3) is 4.21. The van der Waals surface area contributed by atoms with Crippen LogP contribution in [0.25, 0.3) is 11.1 Å². The molecule has 0 bridgehead atoms. The van der Waals surface area contributed by atoms with Gasteiger partial charge < -0.3 is 14.6 Å². The summed E-state index contributed by atoms with van der Waals surface area (Å²) in [5.74, 6) is 0.616. The maximum atomic E-state index is 15.1. The van der Waals surface area contributed by atoms with Gasteiger partial charge in [0.2, 0.25) is 0 Å². The molecule has 6 rings (SSSR count). The molecule has 0 aliphatic heterocycles. The van der Waals surface area contributed by atoms with E-state index in [0.717, 1.165) is 60.1 Å². The fourth-order valence-corrected chi connectivity index (χ4v) is 7.78. The molecule has 4 atom stereocenters. The van der Waals surface area contributed by atoms with Crippen LogP contribution in [0.2, 0.25) is 0 Å². The van der Waals surface area contributed by atoms with Crippen molar-refractivity contribution in [1.82, 2.24) is 0 Å². The van der Waals surface area contributed by atoms with Gasteiger partial charge in [0.25, 0.3) is 0 Å². The average molecular weight is 529 g/mol. The van der Waals surface area contributed by atoms with E-state index in [9.17, 15) is 9.90 Å². The normalized spacial score (nSPS) is 26.4. The van der Waals surface area contributed by atoms with Gasteiger partial charge in [-0.25, -0.2) is 4.39 Å². The summed E-state index contributed by atoms with van der Waals surface area (Å²) in [5.41, 5.74) is 5.95. The molecule has 0 saturated heterocycles. The average Bonchev–Trinajstić information content (AvgIpc) is 3.15. The third-order valence-electron chi connectivity index (χ3n) is 10.0. The van der Waals surface area contributed by atoms with Gasteiger partial charge in [-0.1, -0.05) is 51.5 Å².